The largest absolute Gasteiger partial charge is 0.445 e. The van der Waals surface area contributed by atoms with Gasteiger partial charge in [-0.3, -0.25) is 15.6 Å². The standard InChI is InChI=1S/C23H23N3O3/c27-22(26-25-20-14-8-3-9-15-20)21(16-18-10-4-1-5-11-18)24-23(28)29-17-19-12-6-2-7-13-19/h1-15,21,25H,16-17H2,(H,24,28)(H,26,27)/t21-/m0/s1. The minimum absolute atomic E-state index is 0.134. The molecule has 3 N–H and O–H groups in total. The van der Waals surface area contributed by atoms with Crippen LogP contribution in [0, 0.1) is 0 Å². The molecule has 0 radical (unpaired) electrons. The molecule has 29 heavy (non-hydrogen) atoms. The molecule has 3 aromatic rings. The fourth-order valence-electron chi connectivity index (χ4n) is 2.71. The number of carbonyl (C=O) groups is 2. The van der Waals surface area contributed by atoms with Crippen LogP contribution in [0.5, 0.6) is 0 Å². The first-order valence-corrected chi connectivity index (χ1v) is 9.33. The lowest BCUT2D eigenvalue weighted by atomic mass is 10.1. The Hall–Kier alpha value is -3.80. The fourth-order valence-corrected chi connectivity index (χ4v) is 2.71. The predicted molar refractivity (Wildman–Crippen MR) is 112 cm³/mol. The van der Waals surface area contributed by atoms with Crippen molar-refractivity contribution in [3.63, 3.8) is 0 Å². The van der Waals surface area contributed by atoms with Crippen molar-refractivity contribution < 1.29 is 14.3 Å². The summed E-state index contributed by atoms with van der Waals surface area (Å²) in [5, 5.41) is 2.66. The molecule has 0 aliphatic rings. The van der Waals surface area contributed by atoms with Crippen LogP contribution in [0.25, 0.3) is 0 Å². The smallest absolute Gasteiger partial charge is 0.408 e. The number of para-hydroxylation sites is 1. The van der Waals surface area contributed by atoms with Gasteiger partial charge in [-0.2, -0.15) is 0 Å². The highest BCUT2D eigenvalue weighted by atomic mass is 16.5. The lowest BCUT2D eigenvalue weighted by molar-refractivity contribution is -0.122. The van der Waals surface area contributed by atoms with Gasteiger partial charge >= 0.3 is 6.09 Å². The average molecular weight is 389 g/mol. The van der Waals surface area contributed by atoms with Crippen molar-refractivity contribution in [3.8, 4) is 0 Å². The molecule has 0 spiro atoms. The third-order valence-electron chi connectivity index (χ3n) is 4.21. The molecule has 0 aromatic heterocycles. The molecule has 0 aliphatic carbocycles. The molecule has 6 nitrogen and oxygen atoms in total. The van der Waals surface area contributed by atoms with Gasteiger partial charge in [-0.05, 0) is 23.3 Å². The van der Waals surface area contributed by atoms with Crippen molar-refractivity contribution in [1.29, 1.82) is 0 Å². The molecule has 0 aliphatic heterocycles. The number of benzene rings is 3. The maximum absolute atomic E-state index is 12.7. The van der Waals surface area contributed by atoms with Gasteiger partial charge in [-0.1, -0.05) is 78.9 Å². The maximum atomic E-state index is 12.7. The Labute approximate surface area is 169 Å². The Morgan fingerprint density at radius 2 is 1.31 bits per heavy atom. The Morgan fingerprint density at radius 1 is 0.759 bits per heavy atom. The van der Waals surface area contributed by atoms with Crippen LogP contribution in [0.15, 0.2) is 91.0 Å². The van der Waals surface area contributed by atoms with E-state index in [1.165, 1.54) is 0 Å². The second-order valence-corrected chi connectivity index (χ2v) is 6.43. The lowest BCUT2D eigenvalue weighted by Crippen LogP contribution is -2.49. The number of hydrazine groups is 1. The third-order valence-corrected chi connectivity index (χ3v) is 4.21. The highest BCUT2D eigenvalue weighted by molar-refractivity contribution is 5.86. The highest BCUT2D eigenvalue weighted by Crippen LogP contribution is 2.07. The Morgan fingerprint density at radius 3 is 1.93 bits per heavy atom. The number of alkyl carbamates (subject to hydrolysis) is 1. The summed E-state index contributed by atoms with van der Waals surface area (Å²) in [6.45, 7) is 0.134. The van der Waals surface area contributed by atoms with Crippen LogP contribution in [0.4, 0.5) is 10.5 Å². The molecular formula is C23H23N3O3. The molecule has 0 bridgehead atoms. The summed E-state index contributed by atoms with van der Waals surface area (Å²) in [7, 11) is 0. The summed E-state index contributed by atoms with van der Waals surface area (Å²) >= 11 is 0. The van der Waals surface area contributed by atoms with Crippen molar-refractivity contribution in [2.75, 3.05) is 5.43 Å². The van der Waals surface area contributed by atoms with E-state index in [1.807, 2.05) is 91.0 Å². The number of ether oxygens (including phenoxy) is 1. The van der Waals surface area contributed by atoms with E-state index in [2.05, 4.69) is 16.2 Å². The van der Waals surface area contributed by atoms with Gasteiger partial charge in [0.1, 0.15) is 12.6 Å². The predicted octanol–water partition coefficient (Wildman–Crippen LogP) is 3.67. The number of hydrogen-bond donors (Lipinski definition) is 3. The molecule has 0 fully saturated rings. The van der Waals surface area contributed by atoms with Gasteiger partial charge in [0.15, 0.2) is 0 Å². The van der Waals surface area contributed by atoms with E-state index in [1.54, 1.807) is 0 Å². The fraction of sp³-hybridized carbons (Fsp3) is 0.130. The zero-order chi connectivity index (χ0) is 20.3. The molecule has 0 heterocycles. The minimum atomic E-state index is -0.795. The van der Waals surface area contributed by atoms with E-state index in [0.717, 1.165) is 16.8 Å². The van der Waals surface area contributed by atoms with E-state index < -0.39 is 12.1 Å². The molecule has 148 valence electrons. The van der Waals surface area contributed by atoms with Crippen LogP contribution in [-0.4, -0.2) is 18.0 Å². The molecule has 3 aromatic carbocycles. The number of rotatable bonds is 8. The Kier molecular flexibility index (Phi) is 7.23. The van der Waals surface area contributed by atoms with Gasteiger partial charge in [-0.25, -0.2) is 4.79 Å². The highest BCUT2D eigenvalue weighted by Gasteiger charge is 2.22. The first kappa shape index (κ1) is 19.9. The summed E-state index contributed by atoms with van der Waals surface area (Å²) in [5.41, 5.74) is 8.03. The molecule has 6 heteroatoms. The second kappa shape index (κ2) is 10.5. The monoisotopic (exact) mass is 389 g/mol. The van der Waals surface area contributed by atoms with Gasteiger partial charge in [0.25, 0.3) is 5.91 Å². The lowest BCUT2D eigenvalue weighted by Gasteiger charge is -2.19. The van der Waals surface area contributed by atoms with E-state index in [9.17, 15) is 9.59 Å². The number of amides is 2. The van der Waals surface area contributed by atoms with Gasteiger partial charge in [0.2, 0.25) is 0 Å². The second-order valence-electron chi connectivity index (χ2n) is 6.43. The maximum Gasteiger partial charge on any atom is 0.408 e. The Balaban J connectivity index is 1.60. The molecule has 0 unspecified atom stereocenters. The number of hydrogen-bond acceptors (Lipinski definition) is 4. The van der Waals surface area contributed by atoms with Gasteiger partial charge < -0.3 is 10.1 Å². The molecule has 0 saturated heterocycles. The molecule has 1 atom stereocenters. The van der Waals surface area contributed by atoms with Crippen molar-refractivity contribution in [2.24, 2.45) is 0 Å². The van der Waals surface area contributed by atoms with Crippen molar-refractivity contribution >= 4 is 17.7 Å². The quantitative estimate of drug-likeness (QED) is 0.514. The van der Waals surface area contributed by atoms with Crippen LogP contribution >= 0.6 is 0 Å². The summed E-state index contributed by atoms with van der Waals surface area (Å²) in [6, 6.07) is 27.3. The van der Waals surface area contributed by atoms with Gasteiger partial charge in [-0.15, -0.1) is 0 Å². The first-order valence-electron chi connectivity index (χ1n) is 9.33. The van der Waals surface area contributed by atoms with Crippen LogP contribution in [0.2, 0.25) is 0 Å². The molecule has 2 amide bonds. The van der Waals surface area contributed by atoms with Crippen molar-refractivity contribution in [2.45, 2.75) is 19.1 Å². The zero-order valence-corrected chi connectivity index (χ0v) is 15.9. The van der Waals surface area contributed by atoms with Crippen LogP contribution < -0.4 is 16.2 Å². The third kappa shape index (κ3) is 6.70. The van der Waals surface area contributed by atoms with E-state index in [4.69, 9.17) is 4.74 Å². The number of carbonyl (C=O) groups excluding carboxylic acids is 2. The van der Waals surface area contributed by atoms with Gasteiger partial charge in [0.05, 0.1) is 5.69 Å². The molecule has 0 saturated carbocycles. The topological polar surface area (TPSA) is 79.5 Å². The van der Waals surface area contributed by atoms with Crippen LogP contribution in [-0.2, 0) is 22.6 Å². The van der Waals surface area contributed by atoms with E-state index >= 15 is 0 Å². The molecule has 3 rings (SSSR count). The molecular weight excluding hydrogens is 366 g/mol. The summed E-state index contributed by atoms with van der Waals surface area (Å²) < 4.78 is 5.26. The van der Waals surface area contributed by atoms with E-state index in [-0.39, 0.29) is 12.5 Å². The van der Waals surface area contributed by atoms with Crippen molar-refractivity contribution in [1.82, 2.24) is 10.7 Å². The SMILES string of the molecule is O=C(N[C@@H](Cc1ccccc1)C(=O)NNc1ccccc1)OCc1ccccc1. The number of anilines is 1. The summed E-state index contributed by atoms with van der Waals surface area (Å²) in [4.78, 5) is 24.9. The summed E-state index contributed by atoms with van der Waals surface area (Å²) in [5.74, 6) is -0.366. The van der Waals surface area contributed by atoms with Crippen LogP contribution in [0.1, 0.15) is 11.1 Å². The minimum Gasteiger partial charge on any atom is -0.445 e. The number of nitrogens with one attached hydrogen (secondary N) is 3. The zero-order valence-electron chi connectivity index (χ0n) is 15.9. The van der Waals surface area contributed by atoms with E-state index in [0.29, 0.717) is 6.42 Å². The van der Waals surface area contributed by atoms with Gasteiger partial charge in [0, 0.05) is 6.42 Å². The Bertz CT molecular complexity index is 902. The normalized spacial score (nSPS) is 11.2. The summed E-state index contributed by atoms with van der Waals surface area (Å²) in [6.07, 6.45) is -0.312. The first-order chi connectivity index (χ1) is 14.2. The average Bonchev–Trinajstić information content (AvgIpc) is 2.78. The van der Waals surface area contributed by atoms with Crippen LogP contribution in [0.3, 0.4) is 0 Å². The van der Waals surface area contributed by atoms with Crippen molar-refractivity contribution in [3.05, 3.63) is 102 Å².